The van der Waals surface area contributed by atoms with Gasteiger partial charge in [-0.25, -0.2) is 5.01 Å². The highest BCUT2D eigenvalue weighted by atomic mass is 35.5. The molecule has 0 N–H and O–H groups in total. The minimum absolute atomic E-state index is 0.100. The molecule has 8 heteroatoms. The second kappa shape index (κ2) is 9.43. The summed E-state index contributed by atoms with van der Waals surface area (Å²) >= 11 is 6.28. The Kier molecular flexibility index (Phi) is 6.57. The van der Waals surface area contributed by atoms with Crippen LogP contribution in [0.4, 0.5) is 0 Å². The van der Waals surface area contributed by atoms with Crippen LogP contribution in [-0.4, -0.2) is 46.7 Å². The molecule has 1 heterocycles. The van der Waals surface area contributed by atoms with Crippen molar-refractivity contribution >= 4 is 35.1 Å². The number of carbonyl (C=O) groups is 4. The summed E-state index contributed by atoms with van der Waals surface area (Å²) in [5.41, 5.74) is 1.44. The molecule has 0 aromatic heterocycles. The van der Waals surface area contributed by atoms with Gasteiger partial charge >= 0.3 is 0 Å². The topological polar surface area (TPSA) is 84.0 Å². The predicted octanol–water partition coefficient (Wildman–Crippen LogP) is 4.32. The molecule has 2 aromatic rings. The molecule has 0 saturated carbocycles. The van der Waals surface area contributed by atoms with E-state index in [0.717, 1.165) is 15.6 Å². The summed E-state index contributed by atoms with van der Waals surface area (Å²) in [5.74, 6) is -2.60. The van der Waals surface area contributed by atoms with Gasteiger partial charge in [-0.1, -0.05) is 35.4 Å². The van der Waals surface area contributed by atoms with Crippen molar-refractivity contribution in [2.24, 2.45) is 11.8 Å². The van der Waals surface area contributed by atoms with Gasteiger partial charge in [-0.05, 0) is 63.1 Å². The van der Waals surface area contributed by atoms with Crippen LogP contribution in [0, 0.1) is 11.8 Å². The van der Waals surface area contributed by atoms with E-state index >= 15 is 0 Å². The number of carbonyl (C=O) groups excluding carboxylic acids is 4. The third-order valence-corrected chi connectivity index (χ3v) is 6.78. The average molecular weight is 481 g/mol. The number of benzene rings is 2. The summed E-state index contributed by atoms with van der Waals surface area (Å²) in [6, 6.07) is 11.6. The maximum Gasteiger partial charge on any atom is 0.275 e. The SMILES string of the molecule is COc1ccc(C(=O)[C@H](C)N(C(=O)c2ccccc2Cl)N2C(=O)[C@H]3CC=C(C)C[C@H]3C2=O)cc1. The number of hydrogen-bond acceptors (Lipinski definition) is 5. The zero-order valence-electron chi connectivity index (χ0n) is 19.2. The number of fused-ring (bicyclic) bond motifs is 1. The third kappa shape index (κ3) is 4.12. The molecule has 1 aliphatic heterocycles. The van der Waals surface area contributed by atoms with Gasteiger partial charge in [0, 0.05) is 5.56 Å². The molecule has 0 radical (unpaired) electrons. The Bertz CT molecular complexity index is 1190. The highest BCUT2D eigenvalue weighted by Crippen LogP contribution is 2.39. The molecule has 0 spiro atoms. The van der Waals surface area contributed by atoms with E-state index in [2.05, 4.69) is 0 Å². The van der Waals surface area contributed by atoms with E-state index < -0.39 is 41.4 Å². The van der Waals surface area contributed by atoms with Gasteiger partial charge in [0.15, 0.2) is 5.78 Å². The second-order valence-corrected chi connectivity index (χ2v) is 9.00. The Balaban J connectivity index is 1.75. The molecule has 1 aliphatic carbocycles. The molecule has 4 rings (SSSR count). The van der Waals surface area contributed by atoms with Crippen molar-refractivity contribution in [3.8, 4) is 5.75 Å². The number of allylic oxidation sites excluding steroid dienone is 2. The largest absolute Gasteiger partial charge is 0.497 e. The fraction of sp³-hybridized carbons (Fsp3) is 0.308. The minimum Gasteiger partial charge on any atom is -0.497 e. The molecular formula is C26H25ClN2O5. The van der Waals surface area contributed by atoms with Crippen LogP contribution >= 0.6 is 11.6 Å². The van der Waals surface area contributed by atoms with Crippen molar-refractivity contribution in [3.05, 3.63) is 76.3 Å². The van der Waals surface area contributed by atoms with Crippen LogP contribution < -0.4 is 4.74 Å². The molecule has 176 valence electrons. The molecule has 3 atom stereocenters. The van der Waals surface area contributed by atoms with Crippen LogP contribution in [0.25, 0.3) is 0 Å². The monoisotopic (exact) mass is 480 g/mol. The summed E-state index contributed by atoms with van der Waals surface area (Å²) in [5, 5.41) is 2.02. The van der Waals surface area contributed by atoms with E-state index in [9.17, 15) is 19.2 Å². The van der Waals surface area contributed by atoms with Gasteiger partial charge in [0.05, 0.1) is 29.5 Å². The number of Topliss-reactive ketones (excluding diaryl/α,β-unsaturated/α-hetero) is 1. The number of rotatable bonds is 6. The van der Waals surface area contributed by atoms with Crippen molar-refractivity contribution in [2.45, 2.75) is 32.7 Å². The summed E-state index contributed by atoms with van der Waals surface area (Å²) in [6.07, 6.45) is 2.81. The predicted molar refractivity (Wildman–Crippen MR) is 126 cm³/mol. The number of halogens is 1. The van der Waals surface area contributed by atoms with Crippen molar-refractivity contribution in [1.82, 2.24) is 10.0 Å². The lowest BCUT2D eigenvalue weighted by Gasteiger charge is -2.35. The number of methoxy groups -OCH3 is 1. The molecule has 34 heavy (non-hydrogen) atoms. The maximum atomic E-state index is 13.7. The Morgan fingerprint density at radius 3 is 2.35 bits per heavy atom. The van der Waals surface area contributed by atoms with Crippen LogP contribution in [0.5, 0.6) is 5.75 Å². The van der Waals surface area contributed by atoms with Crippen LogP contribution in [0.15, 0.2) is 60.2 Å². The number of nitrogens with zero attached hydrogens (tertiary/aromatic N) is 2. The molecule has 3 amide bonds. The zero-order chi connectivity index (χ0) is 24.6. The van der Waals surface area contributed by atoms with Crippen LogP contribution in [0.3, 0.4) is 0 Å². The standard InChI is InChI=1S/C26H25ClN2O5/c1-15-8-13-19-21(14-15)26(33)29(24(19)31)28(25(32)20-6-4-5-7-22(20)27)16(2)23(30)17-9-11-18(34-3)12-10-17/h4-12,16,19,21H,13-14H2,1-3H3/t16-,19-,21+/m0/s1. The van der Waals surface area contributed by atoms with Crippen LogP contribution in [0.2, 0.25) is 5.02 Å². The van der Waals surface area contributed by atoms with Gasteiger partial charge in [0.25, 0.3) is 17.7 Å². The molecule has 1 fully saturated rings. The summed E-state index contributed by atoms with van der Waals surface area (Å²) < 4.78 is 5.15. The number of ketones is 1. The summed E-state index contributed by atoms with van der Waals surface area (Å²) in [4.78, 5) is 53.9. The van der Waals surface area contributed by atoms with Gasteiger partial charge in [0.2, 0.25) is 0 Å². The first-order valence-electron chi connectivity index (χ1n) is 11.0. The minimum atomic E-state index is -1.14. The summed E-state index contributed by atoms with van der Waals surface area (Å²) in [6.45, 7) is 3.42. The highest BCUT2D eigenvalue weighted by molar-refractivity contribution is 6.34. The second-order valence-electron chi connectivity index (χ2n) is 8.59. The van der Waals surface area contributed by atoms with Gasteiger partial charge in [-0.3, -0.25) is 19.2 Å². The van der Waals surface area contributed by atoms with Gasteiger partial charge in [-0.15, -0.1) is 0 Å². The lowest BCUT2D eigenvalue weighted by atomic mass is 9.82. The molecule has 0 unspecified atom stereocenters. The molecule has 7 nitrogen and oxygen atoms in total. The Morgan fingerprint density at radius 2 is 1.71 bits per heavy atom. The smallest absolute Gasteiger partial charge is 0.275 e. The van der Waals surface area contributed by atoms with Crippen molar-refractivity contribution in [1.29, 1.82) is 0 Å². The zero-order valence-corrected chi connectivity index (χ0v) is 19.9. The quantitative estimate of drug-likeness (QED) is 0.349. The van der Waals surface area contributed by atoms with Crippen LogP contribution in [-0.2, 0) is 9.59 Å². The average Bonchev–Trinajstić information content (AvgIpc) is 3.08. The normalized spacial score (nSPS) is 20.5. The van der Waals surface area contributed by atoms with E-state index in [1.807, 2.05) is 13.0 Å². The van der Waals surface area contributed by atoms with Crippen molar-refractivity contribution < 1.29 is 23.9 Å². The van der Waals surface area contributed by atoms with E-state index in [-0.39, 0.29) is 10.6 Å². The lowest BCUT2D eigenvalue weighted by molar-refractivity contribution is -0.156. The molecule has 2 aliphatic rings. The number of ether oxygens (including phenoxy) is 1. The number of imide groups is 1. The Hall–Kier alpha value is -3.45. The first-order chi connectivity index (χ1) is 16.2. The Morgan fingerprint density at radius 1 is 1.06 bits per heavy atom. The van der Waals surface area contributed by atoms with Gasteiger partial charge in [-0.2, -0.15) is 5.01 Å². The van der Waals surface area contributed by atoms with Gasteiger partial charge < -0.3 is 4.74 Å². The fourth-order valence-electron chi connectivity index (χ4n) is 4.54. The fourth-order valence-corrected chi connectivity index (χ4v) is 4.75. The number of hydrazine groups is 1. The van der Waals surface area contributed by atoms with Crippen molar-refractivity contribution in [2.75, 3.05) is 7.11 Å². The third-order valence-electron chi connectivity index (χ3n) is 6.45. The highest BCUT2D eigenvalue weighted by Gasteiger charge is 2.53. The molecular weight excluding hydrogens is 456 g/mol. The maximum absolute atomic E-state index is 13.7. The molecule has 2 aromatic carbocycles. The van der Waals surface area contributed by atoms with Crippen LogP contribution in [0.1, 0.15) is 47.4 Å². The number of amides is 3. The van der Waals surface area contributed by atoms with E-state index in [1.165, 1.54) is 20.1 Å². The van der Waals surface area contributed by atoms with Crippen molar-refractivity contribution in [3.63, 3.8) is 0 Å². The van der Waals surface area contributed by atoms with E-state index in [1.54, 1.807) is 42.5 Å². The van der Waals surface area contributed by atoms with E-state index in [4.69, 9.17) is 16.3 Å². The van der Waals surface area contributed by atoms with E-state index in [0.29, 0.717) is 24.2 Å². The number of hydrogen-bond donors (Lipinski definition) is 0. The Labute approximate surface area is 202 Å². The first kappa shape index (κ1) is 23.7. The molecule has 1 saturated heterocycles. The van der Waals surface area contributed by atoms with Gasteiger partial charge in [0.1, 0.15) is 11.8 Å². The summed E-state index contributed by atoms with van der Waals surface area (Å²) in [7, 11) is 1.52. The molecule has 0 bridgehead atoms. The first-order valence-corrected chi connectivity index (χ1v) is 11.4. The lowest BCUT2D eigenvalue weighted by Crippen LogP contribution is -2.56.